The SMILES string of the molecule is COc1cc2c(c(OC)c1)C(C)C=C1N(C2)C(=O)N(C[C@@H]2COC(C)(C)O2)C12CCN(Cc1cc(C)cc(C)c1)CC2. The largest absolute Gasteiger partial charge is 0.497 e. The summed E-state index contributed by atoms with van der Waals surface area (Å²) in [6.07, 6.45) is 3.88. The van der Waals surface area contributed by atoms with Crippen LogP contribution < -0.4 is 9.47 Å². The van der Waals surface area contributed by atoms with Gasteiger partial charge in [-0.25, -0.2) is 4.79 Å². The van der Waals surface area contributed by atoms with Crippen molar-refractivity contribution in [2.75, 3.05) is 40.5 Å². The third kappa shape index (κ3) is 5.18. The minimum absolute atomic E-state index is 0.0409. The number of benzene rings is 2. The molecule has 0 N–H and O–H groups in total. The van der Waals surface area contributed by atoms with E-state index in [-0.39, 0.29) is 18.1 Å². The number of likely N-dealkylation sites (tertiary alicyclic amines) is 1. The van der Waals surface area contributed by atoms with Crippen LogP contribution in [0.5, 0.6) is 11.5 Å². The van der Waals surface area contributed by atoms with Crippen molar-refractivity contribution in [3.8, 4) is 11.5 Å². The number of rotatable bonds is 6. The molecule has 4 aliphatic heterocycles. The van der Waals surface area contributed by atoms with Gasteiger partial charge in [-0.2, -0.15) is 0 Å². The number of nitrogens with zero attached hydrogens (tertiary/aromatic N) is 3. The molecule has 0 aromatic heterocycles. The molecular formula is C34H45N3O5. The van der Waals surface area contributed by atoms with Crippen molar-refractivity contribution in [2.45, 2.75) is 83.9 Å². The summed E-state index contributed by atoms with van der Waals surface area (Å²) in [6.45, 7) is 14.6. The molecule has 4 heterocycles. The number of carbonyl (C=O) groups is 1. The fourth-order valence-electron chi connectivity index (χ4n) is 7.64. The highest BCUT2D eigenvalue weighted by atomic mass is 16.7. The summed E-state index contributed by atoms with van der Waals surface area (Å²) in [5.41, 5.74) is 6.84. The Kier molecular flexibility index (Phi) is 7.52. The van der Waals surface area contributed by atoms with E-state index in [4.69, 9.17) is 18.9 Å². The highest BCUT2D eigenvalue weighted by Gasteiger charge is 2.56. The summed E-state index contributed by atoms with van der Waals surface area (Å²) in [5, 5.41) is 0. The van der Waals surface area contributed by atoms with Gasteiger partial charge < -0.3 is 23.8 Å². The minimum Gasteiger partial charge on any atom is -0.497 e. The maximum atomic E-state index is 14.4. The second-order valence-electron chi connectivity index (χ2n) is 13.0. The van der Waals surface area contributed by atoms with Gasteiger partial charge in [-0.15, -0.1) is 0 Å². The minimum atomic E-state index is -0.639. The van der Waals surface area contributed by atoms with Crippen molar-refractivity contribution in [3.05, 3.63) is 69.9 Å². The Balaban J connectivity index is 1.34. The van der Waals surface area contributed by atoms with Crippen LogP contribution in [0.3, 0.4) is 0 Å². The summed E-state index contributed by atoms with van der Waals surface area (Å²) in [6, 6.07) is 10.8. The Morgan fingerprint density at radius 2 is 1.71 bits per heavy atom. The summed E-state index contributed by atoms with van der Waals surface area (Å²) in [4.78, 5) is 21.1. The van der Waals surface area contributed by atoms with E-state index in [1.807, 2.05) is 24.8 Å². The molecule has 2 atom stereocenters. The molecule has 42 heavy (non-hydrogen) atoms. The first kappa shape index (κ1) is 29.0. The number of urea groups is 1. The van der Waals surface area contributed by atoms with E-state index >= 15 is 0 Å². The zero-order valence-corrected chi connectivity index (χ0v) is 26.2. The average Bonchev–Trinajstić information content (AvgIpc) is 3.31. The van der Waals surface area contributed by atoms with Crippen LogP contribution in [0, 0.1) is 13.8 Å². The first-order valence-corrected chi connectivity index (χ1v) is 15.2. The number of ether oxygens (including phenoxy) is 4. The van der Waals surface area contributed by atoms with Crippen molar-refractivity contribution in [2.24, 2.45) is 0 Å². The molecule has 0 radical (unpaired) electrons. The van der Waals surface area contributed by atoms with E-state index in [2.05, 4.69) is 60.9 Å². The number of amides is 2. The van der Waals surface area contributed by atoms with E-state index in [0.717, 1.165) is 60.8 Å². The second kappa shape index (κ2) is 10.9. The predicted octanol–water partition coefficient (Wildman–Crippen LogP) is 5.75. The molecule has 8 nitrogen and oxygen atoms in total. The molecule has 1 spiro atoms. The number of methoxy groups -OCH3 is 2. The maximum Gasteiger partial charge on any atom is 0.325 e. The lowest BCUT2D eigenvalue weighted by molar-refractivity contribution is -0.140. The van der Waals surface area contributed by atoms with E-state index in [0.29, 0.717) is 19.7 Å². The normalized spacial score (nSPS) is 24.8. The molecule has 0 bridgehead atoms. The van der Waals surface area contributed by atoms with E-state index < -0.39 is 11.3 Å². The number of hydrogen-bond acceptors (Lipinski definition) is 6. The van der Waals surface area contributed by atoms with Gasteiger partial charge in [-0.1, -0.05) is 42.3 Å². The van der Waals surface area contributed by atoms with Gasteiger partial charge in [0.05, 0.1) is 39.5 Å². The molecule has 1 unspecified atom stereocenters. The quantitative estimate of drug-likeness (QED) is 0.438. The zero-order valence-electron chi connectivity index (χ0n) is 26.2. The Hall–Kier alpha value is -3.07. The third-order valence-electron chi connectivity index (χ3n) is 9.42. The van der Waals surface area contributed by atoms with E-state index in [1.165, 1.54) is 16.7 Å². The smallest absolute Gasteiger partial charge is 0.325 e. The summed E-state index contributed by atoms with van der Waals surface area (Å²) in [7, 11) is 3.37. The second-order valence-corrected chi connectivity index (χ2v) is 13.0. The Morgan fingerprint density at radius 3 is 2.33 bits per heavy atom. The van der Waals surface area contributed by atoms with Crippen LogP contribution in [-0.2, 0) is 22.6 Å². The predicted molar refractivity (Wildman–Crippen MR) is 162 cm³/mol. The standard InChI is InChI=1S/C34H45N3O5/c1-22-12-23(2)14-25(13-22)18-35-10-8-34(9-11-35)30-15-24(3)31-26(16-27(39-6)17-29(31)40-7)19-36(30)32(38)37(34)20-28-21-41-33(4,5)42-28/h12-17,24,28H,8-11,18-21H2,1-7H3/t24?,28-/m1/s1. The van der Waals surface area contributed by atoms with Crippen molar-refractivity contribution in [1.29, 1.82) is 0 Å². The molecule has 3 fully saturated rings. The molecule has 0 saturated carbocycles. The molecule has 6 rings (SSSR count). The van der Waals surface area contributed by atoms with Crippen LogP contribution in [0.4, 0.5) is 4.79 Å². The van der Waals surface area contributed by atoms with Gasteiger partial charge in [0.1, 0.15) is 17.6 Å². The van der Waals surface area contributed by atoms with Crippen LogP contribution in [0.15, 0.2) is 42.1 Å². The number of aryl methyl sites for hydroxylation is 2. The lowest BCUT2D eigenvalue weighted by atomic mass is 9.81. The molecule has 2 aromatic rings. The highest BCUT2D eigenvalue weighted by Crippen LogP contribution is 2.49. The summed E-state index contributed by atoms with van der Waals surface area (Å²) in [5.74, 6) is 0.970. The number of allylic oxidation sites excluding steroid dienone is 1. The van der Waals surface area contributed by atoms with Gasteiger partial charge in [0, 0.05) is 42.9 Å². The Bertz CT molecular complexity index is 1370. The number of piperidine rings is 1. The van der Waals surface area contributed by atoms with Crippen molar-refractivity contribution >= 4 is 6.03 Å². The lowest BCUT2D eigenvalue weighted by Gasteiger charge is -2.45. The first-order valence-electron chi connectivity index (χ1n) is 15.2. The topological polar surface area (TPSA) is 63.7 Å². The molecule has 8 heteroatoms. The molecule has 0 aliphatic carbocycles. The monoisotopic (exact) mass is 575 g/mol. The van der Waals surface area contributed by atoms with E-state index in [9.17, 15) is 4.79 Å². The van der Waals surface area contributed by atoms with Crippen LogP contribution >= 0.6 is 0 Å². The van der Waals surface area contributed by atoms with Crippen LogP contribution in [-0.4, -0.2) is 78.6 Å². The molecule has 2 amide bonds. The van der Waals surface area contributed by atoms with Crippen LogP contribution in [0.25, 0.3) is 0 Å². The molecule has 2 aromatic carbocycles. The van der Waals surface area contributed by atoms with Gasteiger partial charge in [-0.3, -0.25) is 9.80 Å². The van der Waals surface area contributed by atoms with Crippen molar-refractivity contribution in [3.63, 3.8) is 0 Å². The number of fused-ring (bicyclic) bond motifs is 3. The molecule has 226 valence electrons. The summed E-state index contributed by atoms with van der Waals surface area (Å²) < 4.78 is 23.6. The van der Waals surface area contributed by atoms with Crippen molar-refractivity contribution in [1.82, 2.24) is 14.7 Å². The summed E-state index contributed by atoms with van der Waals surface area (Å²) >= 11 is 0. The fraction of sp³-hybridized carbons (Fsp3) is 0.559. The third-order valence-corrected chi connectivity index (χ3v) is 9.42. The zero-order chi connectivity index (χ0) is 29.8. The van der Waals surface area contributed by atoms with Gasteiger partial charge in [0.2, 0.25) is 0 Å². The van der Waals surface area contributed by atoms with Crippen molar-refractivity contribution < 1.29 is 23.7 Å². The fourth-order valence-corrected chi connectivity index (χ4v) is 7.64. The molecule has 4 aliphatic rings. The van der Waals surface area contributed by atoms with Crippen LogP contribution in [0.2, 0.25) is 0 Å². The highest BCUT2D eigenvalue weighted by molar-refractivity contribution is 5.83. The molecule has 3 saturated heterocycles. The maximum absolute atomic E-state index is 14.4. The lowest BCUT2D eigenvalue weighted by Crippen LogP contribution is -2.55. The van der Waals surface area contributed by atoms with Gasteiger partial charge >= 0.3 is 6.03 Å². The average molecular weight is 576 g/mol. The Labute approximate surface area is 250 Å². The first-order chi connectivity index (χ1) is 20.0. The van der Waals surface area contributed by atoms with E-state index in [1.54, 1.807) is 14.2 Å². The van der Waals surface area contributed by atoms with Gasteiger partial charge in [0.25, 0.3) is 0 Å². The molecular weight excluding hydrogens is 530 g/mol. The van der Waals surface area contributed by atoms with Gasteiger partial charge in [-0.05, 0) is 57.7 Å². The van der Waals surface area contributed by atoms with Gasteiger partial charge in [0.15, 0.2) is 5.79 Å². The number of carbonyl (C=O) groups excluding carboxylic acids is 1. The number of hydrogen-bond donors (Lipinski definition) is 0. The van der Waals surface area contributed by atoms with Crippen LogP contribution in [0.1, 0.15) is 67.3 Å². The Morgan fingerprint density at radius 1 is 1.00 bits per heavy atom.